The highest BCUT2D eigenvalue weighted by Gasteiger charge is 2.31. The smallest absolute Gasteiger partial charge is 0.410 e. The lowest BCUT2D eigenvalue weighted by Gasteiger charge is -2.36. The summed E-state index contributed by atoms with van der Waals surface area (Å²) in [5.74, 6) is -1.02. The number of carboxylic acids is 1. The zero-order valence-corrected chi connectivity index (χ0v) is 13.9. The Morgan fingerprint density at radius 3 is 2.27 bits per heavy atom. The normalized spacial score (nSPS) is 22.5. The molecule has 0 saturated heterocycles. The van der Waals surface area contributed by atoms with Gasteiger partial charge in [0.15, 0.2) is 0 Å². The van der Waals surface area contributed by atoms with Crippen LogP contribution in [0.3, 0.4) is 0 Å². The molecule has 1 saturated carbocycles. The Balaban J connectivity index is 2.73. The lowest BCUT2D eigenvalue weighted by atomic mass is 9.92. The van der Waals surface area contributed by atoms with E-state index in [9.17, 15) is 9.59 Å². The highest BCUT2D eigenvalue weighted by atomic mass is 16.6. The predicted octanol–water partition coefficient (Wildman–Crippen LogP) is 2.82. The minimum atomic E-state index is -1.02. The molecule has 0 aromatic rings. The van der Waals surface area contributed by atoms with Gasteiger partial charge >= 0.3 is 12.1 Å². The Labute approximate surface area is 132 Å². The largest absolute Gasteiger partial charge is 0.478 e. The molecule has 126 valence electrons. The molecular weight excluding hydrogens is 286 g/mol. The second-order valence-electron chi connectivity index (χ2n) is 6.54. The molecule has 0 aliphatic heterocycles. The Hall–Kier alpha value is -1.56. The molecule has 6 nitrogen and oxygen atoms in total. The van der Waals surface area contributed by atoms with Crippen LogP contribution in [-0.4, -0.2) is 53.5 Å². The summed E-state index contributed by atoms with van der Waals surface area (Å²) in [6.45, 7) is 5.69. The Morgan fingerprint density at radius 1 is 1.23 bits per heavy atom. The molecule has 6 heteroatoms. The second-order valence-corrected chi connectivity index (χ2v) is 6.54. The number of carbonyl (C=O) groups is 2. The molecule has 1 aliphatic carbocycles. The molecule has 1 rings (SSSR count). The van der Waals surface area contributed by atoms with Gasteiger partial charge in [-0.15, -0.1) is 0 Å². The van der Waals surface area contributed by atoms with Crippen LogP contribution in [0.25, 0.3) is 0 Å². The molecule has 0 spiro atoms. The van der Waals surface area contributed by atoms with E-state index >= 15 is 0 Å². The number of methoxy groups -OCH3 is 1. The third-order valence-corrected chi connectivity index (χ3v) is 3.61. The first-order valence-electron chi connectivity index (χ1n) is 7.65. The first kappa shape index (κ1) is 18.5. The van der Waals surface area contributed by atoms with Crippen molar-refractivity contribution in [1.29, 1.82) is 0 Å². The van der Waals surface area contributed by atoms with Crippen LogP contribution in [-0.2, 0) is 14.3 Å². The van der Waals surface area contributed by atoms with Crippen molar-refractivity contribution in [2.75, 3.05) is 13.7 Å². The first-order chi connectivity index (χ1) is 10.2. The standard InChI is InChI=1S/C16H27NO5/c1-16(2,3)22-15(20)17(11-5-6-14(18)19)12-7-9-13(21-4)10-8-12/h5-6,12-13H,7-11H2,1-4H3,(H,18,19). The summed E-state index contributed by atoms with van der Waals surface area (Å²) in [7, 11) is 1.70. The molecule has 1 aliphatic rings. The van der Waals surface area contributed by atoms with Gasteiger partial charge < -0.3 is 19.5 Å². The van der Waals surface area contributed by atoms with Gasteiger partial charge in [0.2, 0.25) is 0 Å². The van der Waals surface area contributed by atoms with E-state index in [0.717, 1.165) is 31.8 Å². The van der Waals surface area contributed by atoms with Gasteiger partial charge in [-0.25, -0.2) is 9.59 Å². The monoisotopic (exact) mass is 313 g/mol. The molecule has 0 unspecified atom stereocenters. The number of rotatable bonds is 5. The van der Waals surface area contributed by atoms with Crippen LogP contribution in [0.1, 0.15) is 46.5 Å². The molecule has 22 heavy (non-hydrogen) atoms. The quantitative estimate of drug-likeness (QED) is 0.790. The highest BCUT2D eigenvalue weighted by molar-refractivity contribution is 5.79. The van der Waals surface area contributed by atoms with E-state index in [-0.39, 0.29) is 18.7 Å². The summed E-state index contributed by atoms with van der Waals surface area (Å²) >= 11 is 0. The van der Waals surface area contributed by atoms with Crippen molar-refractivity contribution in [2.24, 2.45) is 0 Å². The van der Waals surface area contributed by atoms with E-state index in [4.69, 9.17) is 14.6 Å². The lowest BCUT2D eigenvalue weighted by Crippen LogP contribution is -2.45. The molecule has 1 fully saturated rings. The van der Waals surface area contributed by atoms with E-state index in [1.807, 2.05) is 20.8 Å². The number of carbonyl (C=O) groups excluding carboxylic acids is 1. The first-order valence-corrected chi connectivity index (χ1v) is 7.65. The lowest BCUT2D eigenvalue weighted by molar-refractivity contribution is -0.131. The van der Waals surface area contributed by atoms with Crippen molar-refractivity contribution in [1.82, 2.24) is 4.90 Å². The van der Waals surface area contributed by atoms with Gasteiger partial charge in [-0.1, -0.05) is 6.08 Å². The van der Waals surface area contributed by atoms with E-state index in [1.165, 1.54) is 6.08 Å². The molecule has 0 atom stereocenters. The highest BCUT2D eigenvalue weighted by Crippen LogP contribution is 2.26. The summed E-state index contributed by atoms with van der Waals surface area (Å²) < 4.78 is 10.8. The summed E-state index contributed by atoms with van der Waals surface area (Å²) in [6.07, 6.45) is 5.82. The number of hydrogen-bond acceptors (Lipinski definition) is 4. The molecule has 1 N–H and O–H groups in total. The fourth-order valence-electron chi connectivity index (χ4n) is 2.55. The van der Waals surface area contributed by atoms with Gasteiger partial charge in [0.05, 0.1) is 6.10 Å². The van der Waals surface area contributed by atoms with E-state index in [0.29, 0.717) is 0 Å². The van der Waals surface area contributed by atoms with Crippen LogP contribution in [0.15, 0.2) is 12.2 Å². The van der Waals surface area contributed by atoms with E-state index < -0.39 is 17.7 Å². The Kier molecular flexibility index (Phi) is 6.87. The molecule has 0 heterocycles. The Bertz CT molecular complexity index is 405. The molecule has 0 radical (unpaired) electrons. The maximum Gasteiger partial charge on any atom is 0.410 e. The van der Waals surface area contributed by atoms with Crippen LogP contribution in [0.2, 0.25) is 0 Å². The maximum atomic E-state index is 12.4. The third-order valence-electron chi connectivity index (χ3n) is 3.61. The minimum absolute atomic E-state index is 0.0553. The number of carboxylic acid groups (broad SMARTS) is 1. The van der Waals surface area contributed by atoms with Gasteiger partial charge in [0.1, 0.15) is 5.60 Å². The van der Waals surface area contributed by atoms with Gasteiger partial charge in [-0.3, -0.25) is 0 Å². The van der Waals surface area contributed by atoms with Crippen LogP contribution in [0, 0.1) is 0 Å². The molecule has 0 bridgehead atoms. The summed E-state index contributed by atoms with van der Waals surface area (Å²) in [5, 5.41) is 8.69. The number of amides is 1. The fourth-order valence-corrected chi connectivity index (χ4v) is 2.55. The van der Waals surface area contributed by atoms with E-state index in [1.54, 1.807) is 12.0 Å². The minimum Gasteiger partial charge on any atom is -0.478 e. The van der Waals surface area contributed by atoms with Crippen molar-refractivity contribution >= 4 is 12.1 Å². The van der Waals surface area contributed by atoms with Gasteiger partial charge in [0, 0.05) is 25.8 Å². The van der Waals surface area contributed by atoms with Crippen molar-refractivity contribution in [3.63, 3.8) is 0 Å². The second kappa shape index (κ2) is 8.17. The van der Waals surface area contributed by atoms with Gasteiger partial charge in [-0.05, 0) is 46.5 Å². The fraction of sp³-hybridized carbons (Fsp3) is 0.750. The van der Waals surface area contributed by atoms with Crippen molar-refractivity contribution in [2.45, 2.75) is 64.2 Å². The zero-order chi connectivity index (χ0) is 16.8. The van der Waals surface area contributed by atoms with Crippen molar-refractivity contribution in [3.05, 3.63) is 12.2 Å². The summed E-state index contributed by atoms with van der Waals surface area (Å²) in [5.41, 5.74) is -0.574. The van der Waals surface area contributed by atoms with Crippen LogP contribution in [0.5, 0.6) is 0 Å². The molecular formula is C16H27NO5. The average molecular weight is 313 g/mol. The average Bonchev–Trinajstić information content (AvgIpc) is 2.41. The summed E-state index contributed by atoms with van der Waals surface area (Å²) in [4.78, 5) is 24.6. The van der Waals surface area contributed by atoms with Gasteiger partial charge in [0.25, 0.3) is 0 Å². The van der Waals surface area contributed by atoms with Crippen LogP contribution < -0.4 is 0 Å². The van der Waals surface area contributed by atoms with E-state index in [2.05, 4.69) is 0 Å². The zero-order valence-electron chi connectivity index (χ0n) is 13.9. The molecule has 1 amide bonds. The van der Waals surface area contributed by atoms with Crippen LogP contribution in [0.4, 0.5) is 4.79 Å². The number of aliphatic carboxylic acids is 1. The summed E-state index contributed by atoms with van der Waals surface area (Å²) in [6, 6.07) is 0.0553. The van der Waals surface area contributed by atoms with Crippen molar-refractivity contribution < 1.29 is 24.2 Å². The Morgan fingerprint density at radius 2 is 1.82 bits per heavy atom. The predicted molar refractivity (Wildman–Crippen MR) is 82.8 cm³/mol. The van der Waals surface area contributed by atoms with Crippen LogP contribution >= 0.6 is 0 Å². The number of ether oxygens (including phenoxy) is 2. The molecule has 0 aromatic carbocycles. The maximum absolute atomic E-state index is 12.4. The topological polar surface area (TPSA) is 76.1 Å². The van der Waals surface area contributed by atoms with Crippen molar-refractivity contribution in [3.8, 4) is 0 Å². The number of hydrogen-bond donors (Lipinski definition) is 1. The van der Waals surface area contributed by atoms with Gasteiger partial charge in [-0.2, -0.15) is 0 Å². The molecule has 0 aromatic heterocycles. The SMILES string of the molecule is COC1CCC(N(CC=CC(=O)O)C(=O)OC(C)(C)C)CC1. The third kappa shape index (κ3) is 6.47. The number of nitrogens with zero attached hydrogens (tertiary/aromatic N) is 1.